The minimum Gasteiger partial charge on any atom is -0.377 e. The second-order valence-corrected chi connectivity index (χ2v) is 6.94. The van der Waals surface area contributed by atoms with Crippen molar-refractivity contribution < 1.29 is 13.3 Å². The average Bonchev–Trinajstić information content (AvgIpc) is 2.38. The van der Waals surface area contributed by atoms with E-state index in [-0.39, 0.29) is 0 Å². The van der Waals surface area contributed by atoms with Crippen molar-refractivity contribution in [2.45, 2.75) is 24.9 Å². The van der Waals surface area contributed by atoms with E-state index in [1.54, 1.807) is 21.3 Å². The number of hydrogen-bond donors (Lipinski definition) is 3. The first kappa shape index (κ1) is 17.0. The van der Waals surface area contributed by atoms with Crippen molar-refractivity contribution in [3.8, 4) is 0 Å². The Balaban J connectivity index is 4.15. The van der Waals surface area contributed by atoms with Gasteiger partial charge in [0, 0.05) is 46.5 Å². The van der Waals surface area contributed by atoms with Gasteiger partial charge in [-0.05, 0) is 19.4 Å². The molecule has 5 N–H and O–H groups in total. The predicted octanol–water partition coefficient (Wildman–Crippen LogP) is -0.480. The first-order chi connectivity index (χ1) is 8.17. The predicted molar refractivity (Wildman–Crippen MR) is 70.7 cm³/mol. The molecule has 0 aromatic heterocycles. The van der Waals surface area contributed by atoms with E-state index in [4.69, 9.17) is 24.7 Å². The van der Waals surface area contributed by atoms with Crippen molar-refractivity contribution in [3.05, 3.63) is 0 Å². The van der Waals surface area contributed by atoms with Crippen LogP contribution in [0.4, 0.5) is 0 Å². The van der Waals surface area contributed by atoms with Gasteiger partial charge >= 0.3 is 8.80 Å². The molecular weight excluding hydrogens is 238 g/mol. The Bertz CT molecular complexity index is 174. The van der Waals surface area contributed by atoms with Crippen molar-refractivity contribution in [1.29, 1.82) is 0 Å². The lowest BCUT2D eigenvalue weighted by Gasteiger charge is -2.26. The summed E-state index contributed by atoms with van der Waals surface area (Å²) < 4.78 is 16.1. The summed E-state index contributed by atoms with van der Waals surface area (Å²) in [7, 11) is 2.43. The standard InChI is InChI=1S/C10H27N3O3Si/c1-14-17(15-2,16-3)9-5-10(4-6-11)13-8-7-12/h10,13H,4-9,11-12H2,1-3H3. The van der Waals surface area contributed by atoms with Crippen molar-refractivity contribution in [2.75, 3.05) is 41.0 Å². The van der Waals surface area contributed by atoms with E-state index in [0.717, 1.165) is 25.4 Å². The van der Waals surface area contributed by atoms with Gasteiger partial charge in [0.2, 0.25) is 0 Å². The molecule has 0 rings (SSSR count). The maximum atomic E-state index is 5.58. The molecule has 0 fully saturated rings. The Morgan fingerprint density at radius 3 is 2.00 bits per heavy atom. The van der Waals surface area contributed by atoms with Crippen LogP contribution in [0.3, 0.4) is 0 Å². The molecule has 17 heavy (non-hydrogen) atoms. The van der Waals surface area contributed by atoms with Gasteiger partial charge < -0.3 is 30.1 Å². The lowest BCUT2D eigenvalue weighted by molar-refractivity contribution is 0.121. The molecule has 0 aliphatic carbocycles. The molecule has 0 aromatic carbocycles. The van der Waals surface area contributed by atoms with Crippen LogP contribution in [-0.2, 0) is 13.3 Å². The molecule has 1 atom stereocenters. The largest absolute Gasteiger partial charge is 0.500 e. The topological polar surface area (TPSA) is 91.8 Å². The van der Waals surface area contributed by atoms with E-state index in [2.05, 4.69) is 5.32 Å². The van der Waals surface area contributed by atoms with Gasteiger partial charge in [-0.15, -0.1) is 0 Å². The third kappa shape index (κ3) is 6.46. The zero-order valence-corrected chi connectivity index (χ0v) is 12.2. The smallest absolute Gasteiger partial charge is 0.377 e. The monoisotopic (exact) mass is 265 g/mol. The third-order valence-electron chi connectivity index (χ3n) is 2.82. The fourth-order valence-corrected chi connectivity index (χ4v) is 3.56. The van der Waals surface area contributed by atoms with Crippen LogP contribution in [-0.4, -0.2) is 55.8 Å². The van der Waals surface area contributed by atoms with E-state index in [0.29, 0.717) is 19.1 Å². The fourth-order valence-electron chi connectivity index (χ4n) is 1.74. The second-order valence-electron chi connectivity index (χ2n) is 3.85. The zero-order chi connectivity index (χ0) is 13.1. The van der Waals surface area contributed by atoms with E-state index in [1.165, 1.54) is 0 Å². The van der Waals surface area contributed by atoms with Crippen LogP contribution in [0.25, 0.3) is 0 Å². The maximum Gasteiger partial charge on any atom is 0.500 e. The lowest BCUT2D eigenvalue weighted by Crippen LogP contribution is -2.45. The second kappa shape index (κ2) is 9.95. The summed E-state index contributed by atoms with van der Waals surface area (Å²) in [4.78, 5) is 0. The number of nitrogens with two attached hydrogens (primary N) is 2. The number of hydrogen-bond acceptors (Lipinski definition) is 6. The maximum absolute atomic E-state index is 5.58. The minimum absolute atomic E-state index is 0.343. The summed E-state index contributed by atoms with van der Waals surface area (Å²) in [6, 6.07) is 1.12. The Morgan fingerprint density at radius 1 is 1.00 bits per heavy atom. The SMILES string of the molecule is CO[Si](CCC(CCN)NCCN)(OC)OC. The van der Waals surface area contributed by atoms with Crippen molar-refractivity contribution in [1.82, 2.24) is 5.32 Å². The Kier molecular flexibility index (Phi) is 9.94. The van der Waals surface area contributed by atoms with E-state index in [9.17, 15) is 0 Å². The van der Waals surface area contributed by atoms with Crippen LogP contribution in [0, 0.1) is 0 Å². The average molecular weight is 265 g/mol. The summed E-state index contributed by atoms with van der Waals surface area (Å²) >= 11 is 0. The van der Waals surface area contributed by atoms with Crippen LogP contribution in [0.15, 0.2) is 0 Å². The molecule has 0 heterocycles. The molecule has 0 bridgehead atoms. The van der Waals surface area contributed by atoms with Crippen molar-refractivity contribution in [3.63, 3.8) is 0 Å². The highest BCUT2D eigenvalue weighted by molar-refractivity contribution is 6.60. The molecule has 0 spiro atoms. The highest BCUT2D eigenvalue weighted by atomic mass is 28.4. The van der Waals surface area contributed by atoms with Crippen LogP contribution >= 0.6 is 0 Å². The molecular formula is C10H27N3O3Si. The first-order valence-corrected chi connectivity index (χ1v) is 7.90. The number of nitrogens with one attached hydrogen (secondary N) is 1. The molecule has 0 radical (unpaired) electrons. The van der Waals surface area contributed by atoms with Crippen LogP contribution in [0.1, 0.15) is 12.8 Å². The highest BCUT2D eigenvalue weighted by Gasteiger charge is 2.37. The van der Waals surface area contributed by atoms with Crippen LogP contribution < -0.4 is 16.8 Å². The molecule has 1 unspecified atom stereocenters. The van der Waals surface area contributed by atoms with Gasteiger partial charge in [-0.3, -0.25) is 0 Å². The summed E-state index contributed by atoms with van der Waals surface area (Å²) in [6.45, 7) is 2.08. The van der Waals surface area contributed by atoms with Crippen LogP contribution in [0.2, 0.25) is 6.04 Å². The summed E-state index contributed by atoms with van der Waals surface area (Å²) in [5.41, 5.74) is 11.1. The molecule has 0 aliphatic rings. The minimum atomic E-state index is -2.46. The van der Waals surface area contributed by atoms with Crippen molar-refractivity contribution in [2.24, 2.45) is 11.5 Å². The van der Waals surface area contributed by atoms with E-state index < -0.39 is 8.80 Å². The molecule has 0 saturated carbocycles. The summed E-state index contributed by atoms with van der Waals surface area (Å²) in [5, 5.41) is 3.37. The van der Waals surface area contributed by atoms with E-state index in [1.807, 2.05) is 0 Å². The zero-order valence-electron chi connectivity index (χ0n) is 11.2. The third-order valence-corrected chi connectivity index (χ3v) is 5.59. The molecule has 0 saturated heterocycles. The molecule has 6 nitrogen and oxygen atoms in total. The normalized spacial score (nSPS) is 13.9. The Hall–Kier alpha value is -0.0231. The molecule has 0 amide bonds. The molecule has 0 aromatic rings. The molecule has 0 aliphatic heterocycles. The van der Waals surface area contributed by atoms with E-state index >= 15 is 0 Å². The van der Waals surface area contributed by atoms with Gasteiger partial charge in [0.1, 0.15) is 0 Å². The molecule has 104 valence electrons. The van der Waals surface area contributed by atoms with Crippen LogP contribution in [0.5, 0.6) is 0 Å². The lowest BCUT2D eigenvalue weighted by atomic mass is 10.1. The summed E-state index contributed by atoms with van der Waals surface area (Å²) in [5.74, 6) is 0. The highest BCUT2D eigenvalue weighted by Crippen LogP contribution is 2.17. The van der Waals surface area contributed by atoms with Gasteiger partial charge in [0.25, 0.3) is 0 Å². The van der Waals surface area contributed by atoms with Gasteiger partial charge in [0.05, 0.1) is 0 Å². The quantitative estimate of drug-likeness (QED) is 0.437. The summed E-state index contributed by atoms with van der Waals surface area (Å²) in [6.07, 6.45) is 1.83. The van der Waals surface area contributed by atoms with Gasteiger partial charge in [-0.1, -0.05) is 0 Å². The van der Waals surface area contributed by atoms with Gasteiger partial charge in [-0.25, -0.2) is 0 Å². The first-order valence-electron chi connectivity index (χ1n) is 5.97. The number of rotatable bonds is 11. The Morgan fingerprint density at radius 2 is 1.59 bits per heavy atom. The Labute approximate surface area is 105 Å². The molecule has 7 heteroatoms. The van der Waals surface area contributed by atoms with Crippen molar-refractivity contribution >= 4 is 8.80 Å². The van der Waals surface area contributed by atoms with Gasteiger partial charge in [-0.2, -0.15) is 0 Å². The fraction of sp³-hybridized carbons (Fsp3) is 1.00. The van der Waals surface area contributed by atoms with Gasteiger partial charge in [0.15, 0.2) is 0 Å².